The number of nitrogens with one attached hydrogen (secondary N) is 1. The van der Waals surface area contributed by atoms with E-state index < -0.39 is 17.9 Å². The maximum absolute atomic E-state index is 11.5. The van der Waals surface area contributed by atoms with E-state index in [4.69, 9.17) is 5.73 Å². The Labute approximate surface area is 99.9 Å². The van der Waals surface area contributed by atoms with Crippen molar-refractivity contribution in [2.45, 2.75) is 19.5 Å². The van der Waals surface area contributed by atoms with Crippen molar-refractivity contribution in [1.29, 1.82) is 0 Å². The minimum absolute atomic E-state index is 0.207. The van der Waals surface area contributed by atoms with Gasteiger partial charge < -0.3 is 15.8 Å². The monoisotopic (exact) mass is 236 g/mol. The minimum atomic E-state index is -1.27. The first-order valence-corrected chi connectivity index (χ1v) is 5.39. The molecule has 3 N–H and O–H groups in total. The standard InChI is InChI=1S/C12H16N2O3/c1-2-17-12(16)10(13)11(15)14-8-9-6-4-3-5-7-9/h3-7,10H,2,8,13H2,1H3,(H,14,15). The van der Waals surface area contributed by atoms with E-state index in [-0.39, 0.29) is 6.61 Å². The third-order valence-corrected chi connectivity index (χ3v) is 2.13. The first-order valence-electron chi connectivity index (χ1n) is 5.39. The number of benzene rings is 1. The fraction of sp³-hybridized carbons (Fsp3) is 0.333. The molecule has 5 heteroatoms. The lowest BCUT2D eigenvalue weighted by Gasteiger charge is -2.11. The van der Waals surface area contributed by atoms with Crippen LogP contribution < -0.4 is 11.1 Å². The molecule has 1 aromatic carbocycles. The van der Waals surface area contributed by atoms with Crippen LogP contribution in [-0.2, 0) is 20.9 Å². The molecule has 1 atom stereocenters. The molecule has 0 bridgehead atoms. The van der Waals surface area contributed by atoms with Crippen LogP contribution in [0.5, 0.6) is 0 Å². The lowest BCUT2D eigenvalue weighted by molar-refractivity contribution is -0.148. The second-order valence-corrected chi connectivity index (χ2v) is 3.43. The van der Waals surface area contributed by atoms with E-state index in [9.17, 15) is 9.59 Å². The fourth-order valence-electron chi connectivity index (χ4n) is 1.23. The van der Waals surface area contributed by atoms with Gasteiger partial charge in [0.25, 0.3) is 0 Å². The van der Waals surface area contributed by atoms with Gasteiger partial charge >= 0.3 is 5.97 Å². The highest BCUT2D eigenvalue weighted by Crippen LogP contribution is 1.97. The van der Waals surface area contributed by atoms with Gasteiger partial charge in [-0.25, -0.2) is 4.79 Å². The Bertz CT molecular complexity index is 379. The number of hydrogen-bond donors (Lipinski definition) is 2. The van der Waals surface area contributed by atoms with Gasteiger partial charge in [-0.3, -0.25) is 4.79 Å². The Hall–Kier alpha value is -1.88. The molecule has 92 valence electrons. The second-order valence-electron chi connectivity index (χ2n) is 3.43. The fourth-order valence-corrected chi connectivity index (χ4v) is 1.23. The highest BCUT2D eigenvalue weighted by Gasteiger charge is 2.22. The largest absolute Gasteiger partial charge is 0.464 e. The third kappa shape index (κ3) is 4.24. The van der Waals surface area contributed by atoms with Crippen molar-refractivity contribution in [2.24, 2.45) is 5.73 Å². The summed E-state index contributed by atoms with van der Waals surface area (Å²) in [6.07, 6.45) is 0. The first kappa shape index (κ1) is 13.2. The van der Waals surface area contributed by atoms with Crippen molar-refractivity contribution in [1.82, 2.24) is 5.32 Å². The van der Waals surface area contributed by atoms with Crippen LogP contribution in [0.15, 0.2) is 30.3 Å². The zero-order chi connectivity index (χ0) is 12.7. The van der Waals surface area contributed by atoms with E-state index in [0.29, 0.717) is 6.54 Å². The Morgan fingerprint density at radius 3 is 2.59 bits per heavy atom. The average Bonchev–Trinajstić information content (AvgIpc) is 2.36. The van der Waals surface area contributed by atoms with Crippen molar-refractivity contribution in [3.05, 3.63) is 35.9 Å². The predicted octanol–water partition coefficient (Wildman–Crippen LogP) is 0.193. The summed E-state index contributed by atoms with van der Waals surface area (Å²) in [6.45, 7) is 2.21. The Kier molecular flexibility index (Phi) is 5.16. The quantitative estimate of drug-likeness (QED) is 0.565. The summed E-state index contributed by atoms with van der Waals surface area (Å²) in [5.41, 5.74) is 6.37. The van der Waals surface area contributed by atoms with Crippen LogP contribution >= 0.6 is 0 Å². The molecule has 0 fully saturated rings. The second kappa shape index (κ2) is 6.65. The molecule has 0 radical (unpaired) electrons. The van der Waals surface area contributed by atoms with Gasteiger partial charge in [-0.15, -0.1) is 0 Å². The van der Waals surface area contributed by atoms with Gasteiger partial charge in [0.1, 0.15) is 0 Å². The third-order valence-electron chi connectivity index (χ3n) is 2.13. The molecule has 0 aromatic heterocycles. The molecule has 1 rings (SSSR count). The molecule has 0 aliphatic heterocycles. The number of esters is 1. The van der Waals surface area contributed by atoms with Crippen LogP contribution in [0.1, 0.15) is 12.5 Å². The van der Waals surface area contributed by atoms with Crippen LogP contribution in [0.3, 0.4) is 0 Å². The molecule has 0 spiro atoms. The van der Waals surface area contributed by atoms with Gasteiger partial charge in [0, 0.05) is 6.54 Å². The van der Waals surface area contributed by atoms with E-state index in [1.165, 1.54) is 0 Å². The summed E-state index contributed by atoms with van der Waals surface area (Å²) < 4.78 is 4.65. The Morgan fingerprint density at radius 1 is 1.35 bits per heavy atom. The van der Waals surface area contributed by atoms with Crippen molar-refractivity contribution in [2.75, 3.05) is 6.61 Å². The van der Waals surface area contributed by atoms with Gasteiger partial charge in [-0.2, -0.15) is 0 Å². The number of carbonyl (C=O) groups excluding carboxylic acids is 2. The molecule has 0 heterocycles. The summed E-state index contributed by atoms with van der Waals surface area (Å²) in [7, 11) is 0. The predicted molar refractivity (Wildman–Crippen MR) is 62.9 cm³/mol. The number of nitrogens with two attached hydrogens (primary N) is 1. The molecule has 0 saturated heterocycles. The number of hydrogen-bond acceptors (Lipinski definition) is 4. The summed E-state index contributed by atoms with van der Waals surface area (Å²) in [6, 6.07) is 8.10. The smallest absolute Gasteiger partial charge is 0.332 e. The van der Waals surface area contributed by atoms with Crippen molar-refractivity contribution in [3.63, 3.8) is 0 Å². The number of rotatable bonds is 5. The van der Waals surface area contributed by atoms with Gasteiger partial charge in [0.05, 0.1) is 6.61 Å². The Balaban J connectivity index is 2.42. The van der Waals surface area contributed by atoms with Crippen molar-refractivity contribution in [3.8, 4) is 0 Å². The van der Waals surface area contributed by atoms with E-state index in [1.807, 2.05) is 30.3 Å². The topological polar surface area (TPSA) is 81.4 Å². The van der Waals surface area contributed by atoms with Crippen molar-refractivity contribution < 1.29 is 14.3 Å². The maximum atomic E-state index is 11.5. The first-order chi connectivity index (χ1) is 8.15. The normalized spacial score (nSPS) is 11.6. The van der Waals surface area contributed by atoms with Crippen LogP contribution in [-0.4, -0.2) is 24.5 Å². The molecular formula is C12H16N2O3. The zero-order valence-corrected chi connectivity index (χ0v) is 9.68. The maximum Gasteiger partial charge on any atom is 0.332 e. The van der Waals surface area contributed by atoms with E-state index in [1.54, 1.807) is 6.92 Å². The van der Waals surface area contributed by atoms with E-state index >= 15 is 0 Å². The van der Waals surface area contributed by atoms with Gasteiger partial charge in [-0.1, -0.05) is 30.3 Å². The molecule has 17 heavy (non-hydrogen) atoms. The lowest BCUT2D eigenvalue weighted by atomic mass is 10.2. The summed E-state index contributed by atoms with van der Waals surface area (Å²) in [5, 5.41) is 2.57. The molecule has 5 nitrogen and oxygen atoms in total. The van der Waals surface area contributed by atoms with Gasteiger partial charge in [-0.05, 0) is 12.5 Å². The van der Waals surface area contributed by atoms with E-state index in [0.717, 1.165) is 5.56 Å². The molecule has 1 amide bonds. The molecule has 1 aromatic rings. The molecular weight excluding hydrogens is 220 g/mol. The zero-order valence-electron chi connectivity index (χ0n) is 9.68. The highest BCUT2D eigenvalue weighted by atomic mass is 16.5. The van der Waals surface area contributed by atoms with Crippen LogP contribution in [0.25, 0.3) is 0 Å². The summed E-state index contributed by atoms with van der Waals surface area (Å²) in [4.78, 5) is 22.7. The molecule has 0 saturated carbocycles. The van der Waals surface area contributed by atoms with Crippen LogP contribution in [0, 0.1) is 0 Å². The minimum Gasteiger partial charge on any atom is -0.464 e. The molecule has 1 unspecified atom stereocenters. The van der Waals surface area contributed by atoms with Gasteiger partial charge in [0.15, 0.2) is 6.04 Å². The Morgan fingerprint density at radius 2 is 2.00 bits per heavy atom. The lowest BCUT2D eigenvalue weighted by Crippen LogP contribution is -2.46. The van der Waals surface area contributed by atoms with Gasteiger partial charge in [0.2, 0.25) is 5.91 Å². The molecule has 0 aliphatic carbocycles. The number of carbonyl (C=O) groups is 2. The number of amides is 1. The SMILES string of the molecule is CCOC(=O)C(N)C(=O)NCc1ccccc1. The van der Waals surface area contributed by atoms with Crippen molar-refractivity contribution >= 4 is 11.9 Å². The van der Waals surface area contributed by atoms with E-state index in [2.05, 4.69) is 10.1 Å². The molecule has 0 aliphatic rings. The summed E-state index contributed by atoms with van der Waals surface area (Å²) >= 11 is 0. The van der Waals surface area contributed by atoms with Crippen LogP contribution in [0.2, 0.25) is 0 Å². The van der Waals surface area contributed by atoms with Crippen LogP contribution in [0.4, 0.5) is 0 Å². The highest BCUT2D eigenvalue weighted by molar-refractivity contribution is 6.01. The number of ether oxygens (including phenoxy) is 1. The average molecular weight is 236 g/mol. The summed E-state index contributed by atoms with van der Waals surface area (Å²) in [5.74, 6) is -1.25.